The lowest BCUT2D eigenvalue weighted by molar-refractivity contribution is -0.135. The predicted molar refractivity (Wildman–Crippen MR) is 74.4 cm³/mol. The quantitative estimate of drug-likeness (QED) is 0.789. The average molecular weight is 252 g/mol. The minimum Gasteiger partial charge on any atom is -0.350 e. The Labute approximate surface area is 111 Å². The Morgan fingerprint density at radius 1 is 1.33 bits per heavy atom. The monoisotopic (exact) mass is 252 g/mol. The first-order valence-corrected chi connectivity index (χ1v) is 7.53. The molecule has 1 saturated carbocycles. The van der Waals surface area contributed by atoms with Crippen LogP contribution in [-0.2, 0) is 4.79 Å². The van der Waals surface area contributed by atoms with Gasteiger partial charge in [-0.1, -0.05) is 13.3 Å². The Morgan fingerprint density at radius 2 is 1.94 bits per heavy atom. The molecule has 0 unspecified atom stereocenters. The van der Waals surface area contributed by atoms with Crippen LogP contribution in [0.25, 0.3) is 0 Å². The first-order valence-electron chi connectivity index (χ1n) is 7.53. The van der Waals surface area contributed by atoms with Gasteiger partial charge in [-0.25, -0.2) is 0 Å². The van der Waals surface area contributed by atoms with Crippen molar-refractivity contribution in [1.29, 1.82) is 0 Å². The summed E-state index contributed by atoms with van der Waals surface area (Å²) >= 11 is 0. The molecule has 0 spiro atoms. The highest BCUT2D eigenvalue weighted by atomic mass is 16.2. The van der Waals surface area contributed by atoms with E-state index in [9.17, 15) is 4.79 Å². The molecule has 1 amide bonds. The van der Waals surface area contributed by atoms with Gasteiger partial charge in [0.15, 0.2) is 0 Å². The first kappa shape index (κ1) is 13.9. The van der Waals surface area contributed by atoms with Crippen LogP contribution in [0.2, 0.25) is 0 Å². The van der Waals surface area contributed by atoms with Crippen molar-refractivity contribution in [3.05, 3.63) is 0 Å². The number of hydrogen-bond acceptors (Lipinski definition) is 2. The zero-order valence-electron chi connectivity index (χ0n) is 12.1. The predicted octanol–water partition coefficient (Wildman–Crippen LogP) is 2.46. The van der Waals surface area contributed by atoms with E-state index >= 15 is 0 Å². The third kappa shape index (κ3) is 2.87. The number of carbonyl (C=O) groups excluding carboxylic acids is 1. The van der Waals surface area contributed by atoms with Crippen LogP contribution in [0.1, 0.15) is 59.3 Å². The minimum absolute atomic E-state index is 0.0112. The van der Waals surface area contributed by atoms with E-state index in [4.69, 9.17) is 0 Å². The molecule has 0 aromatic carbocycles. The van der Waals surface area contributed by atoms with Gasteiger partial charge in [0.05, 0.1) is 5.41 Å². The van der Waals surface area contributed by atoms with Crippen molar-refractivity contribution in [1.82, 2.24) is 10.6 Å². The topological polar surface area (TPSA) is 41.1 Å². The van der Waals surface area contributed by atoms with Crippen molar-refractivity contribution in [2.75, 3.05) is 13.1 Å². The zero-order chi connectivity index (χ0) is 13.2. The normalized spacial score (nSPS) is 23.7. The van der Waals surface area contributed by atoms with Crippen molar-refractivity contribution in [2.45, 2.75) is 64.8 Å². The van der Waals surface area contributed by atoms with Crippen LogP contribution in [0.3, 0.4) is 0 Å². The fraction of sp³-hybridized carbons (Fsp3) is 0.933. The Morgan fingerprint density at radius 3 is 2.44 bits per heavy atom. The smallest absolute Gasteiger partial charge is 0.226 e. The molecular weight excluding hydrogens is 224 g/mol. The second-order valence-corrected chi connectivity index (χ2v) is 6.73. The van der Waals surface area contributed by atoms with E-state index < -0.39 is 0 Å². The molecule has 3 heteroatoms. The van der Waals surface area contributed by atoms with Crippen LogP contribution in [0.4, 0.5) is 0 Å². The number of rotatable bonds is 5. The van der Waals surface area contributed by atoms with Gasteiger partial charge in [-0.2, -0.15) is 0 Å². The highest BCUT2D eigenvalue weighted by Crippen LogP contribution is 2.41. The van der Waals surface area contributed by atoms with Crippen LogP contribution < -0.4 is 10.6 Å². The molecule has 104 valence electrons. The molecule has 1 saturated heterocycles. The lowest BCUT2D eigenvalue weighted by atomic mass is 9.74. The van der Waals surface area contributed by atoms with Gasteiger partial charge in [-0.3, -0.25) is 4.79 Å². The number of amides is 1. The number of piperidine rings is 1. The molecule has 0 atom stereocenters. The van der Waals surface area contributed by atoms with E-state index in [0.29, 0.717) is 11.8 Å². The van der Waals surface area contributed by atoms with Crippen LogP contribution in [0, 0.1) is 11.3 Å². The maximum atomic E-state index is 12.7. The van der Waals surface area contributed by atoms with Crippen LogP contribution in [0.15, 0.2) is 0 Å². The molecule has 0 aromatic heterocycles. The second-order valence-electron chi connectivity index (χ2n) is 6.73. The molecule has 0 bridgehead atoms. The van der Waals surface area contributed by atoms with Gasteiger partial charge in [-0.15, -0.1) is 0 Å². The van der Waals surface area contributed by atoms with E-state index in [0.717, 1.165) is 38.8 Å². The number of nitrogens with one attached hydrogen (secondary N) is 2. The van der Waals surface area contributed by atoms with Crippen LogP contribution >= 0.6 is 0 Å². The maximum Gasteiger partial charge on any atom is 0.226 e. The molecule has 0 radical (unpaired) electrons. The van der Waals surface area contributed by atoms with E-state index in [2.05, 4.69) is 31.4 Å². The van der Waals surface area contributed by atoms with Crippen molar-refractivity contribution < 1.29 is 4.79 Å². The lowest BCUT2D eigenvalue weighted by Crippen LogP contribution is -2.54. The highest BCUT2D eigenvalue weighted by Gasteiger charge is 2.44. The fourth-order valence-corrected chi connectivity index (χ4v) is 3.31. The third-order valence-electron chi connectivity index (χ3n) is 4.80. The Bertz CT molecular complexity index is 296. The molecule has 18 heavy (non-hydrogen) atoms. The second kappa shape index (κ2) is 5.20. The molecule has 2 rings (SSSR count). The SMILES string of the molecule is CCCC1(C(=O)NC(C)(C)C2CC2)CCNCC1. The lowest BCUT2D eigenvalue weighted by Gasteiger charge is -2.39. The molecule has 0 aromatic rings. The van der Waals surface area contributed by atoms with Crippen molar-refractivity contribution in [3.8, 4) is 0 Å². The maximum absolute atomic E-state index is 12.7. The largest absolute Gasteiger partial charge is 0.350 e. The van der Waals surface area contributed by atoms with E-state index in [-0.39, 0.29) is 11.0 Å². The Balaban J connectivity index is 2.03. The zero-order valence-corrected chi connectivity index (χ0v) is 12.1. The molecule has 1 heterocycles. The van der Waals surface area contributed by atoms with Gasteiger partial charge in [0, 0.05) is 5.54 Å². The molecule has 1 aliphatic heterocycles. The van der Waals surface area contributed by atoms with Crippen LogP contribution in [-0.4, -0.2) is 24.5 Å². The van der Waals surface area contributed by atoms with Gasteiger partial charge in [0.25, 0.3) is 0 Å². The molecule has 3 nitrogen and oxygen atoms in total. The van der Waals surface area contributed by atoms with Gasteiger partial charge >= 0.3 is 0 Å². The summed E-state index contributed by atoms with van der Waals surface area (Å²) < 4.78 is 0. The van der Waals surface area contributed by atoms with E-state index in [1.165, 1.54) is 12.8 Å². The van der Waals surface area contributed by atoms with Gasteiger partial charge in [-0.05, 0) is 65.0 Å². The van der Waals surface area contributed by atoms with Crippen molar-refractivity contribution in [3.63, 3.8) is 0 Å². The van der Waals surface area contributed by atoms with E-state index in [1.54, 1.807) is 0 Å². The Hall–Kier alpha value is -0.570. The highest BCUT2D eigenvalue weighted by molar-refractivity contribution is 5.83. The van der Waals surface area contributed by atoms with Gasteiger partial charge < -0.3 is 10.6 Å². The number of hydrogen-bond donors (Lipinski definition) is 2. The van der Waals surface area contributed by atoms with Crippen molar-refractivity contribution in [2.24, 2.45) is 11.3 Å². The summed E-state index contributed by atoms with van der Waals surface area (Å²) in [5.41, 5.74) is -0.116. The molecule has 2 N–H and O–H groups in total. The minimum atomic E-state index is -0.105. The fourth-order valence-electron chi connectivity index (χ4n) is 3.31. The standard InChI is InChI=1S/C15H28N2O/c1-4-7-15(8-10-16-11-9-15)13(18)17-14(2,3)12-5-6-12/h12,16H,4-11H2,1-3H3,(H,17,18). The first-order chi connectivity index (χ1) is 8.50. The molecule has 2 aliphatic rings. The van der Waals surface area contributed by atoms with Gasteiger partial charge in [0.1, 0.15) is 0 Å². The van der Waals surface area contributed by atoms with Gasteiger partial charge in [0.2, 0.25) is 5.91 Å². The summed E-state index contributed by atoms with van der Waals surface area (Å²) in [5, 5.41) is 6.72. The summed E-state index contributed by atoms with van der Waals surface area (Å²) in [6, 6.07) is 0. The average Bonchev–Trinajstić information content (AvgIpc) is 3.14. The summed E-state index contributed by atoms with van der Waals surface area (Å²) in [6.07, 6.45) is 6.66. The molecular formula is C15H28N2O. The van der Waals surface area contributed by atoms with E-state index in [1.807, 2.05) is 0 Å². The summed E-state index contributed by atoms with van der Waals surface area (Å²) in [4.78, 5) is 12.7. The third-order valence-corrected chi connectivity index (χ3v) is 4.80. The summed E-state index contributed by atoms with van der Waals surface area (Å²) in [7, 11) is 0. The van der Waals surface area contributed by atoms with Crippen molar-refractivity contribution >= 4 is 5.91 Å². The Kier molecular flexibility index (Phi) is 4.00. The van der Waals surface area contributed by atoms with Crippen LogP contribution in [0.5, 0.6) is 0 Å². The molecule has 1 aliphatic carbocycles. The summed E-state index contributed by atoms with van der Waals surface area (Å²) in [6.45, 7) is 8.52. The summed E-state index contributed by atoms with van der Waals surface area (Å²) in [5.74, 6) is 1.00. The number of carbonyl (C=O) groups is 1. The molecule has 2 fully saturated rings.